The van der Waals surface area contributed by atoms with Gasteiger partial charge in [-0.25, -0.2) is 34.3 Å². The summed E-state index contributed by atoms with van der Waals surface area (Å²) in [5, 5.41) is 26.1. The van der Waals surface area contributed by atoms with Gasteiger partial charge in [-0.3, -0.25) is 32.2 Å². The molecular formula is C84H94BBr4Cl2Cs2F7N10O12S10. The summed E-state index contributed by atoms with van der Waals surface area (Å²) in [7, 11) is 5.93. The van der Waals surface area contributed by atoms with Crippen LogP contribution in [0.2, 0.25) is 4.47 Å². The summed E-state index contributed by atoms with van der Waals surface area (Å²) in [5.41, 5.74) is 20.9. The number of aliphatic carboxylic acids is 1. The third-order valence-corrected chi connectivity index (χ3v) is 26.2. The Hall–Kier alpha value is -2.53. The van der Waals surface area contributed by atoms with Crippen molar-refractivity contribution >= 4 is 315 Å². The van der Waals surface area contributed by atoms with Gasteiger partial charge in [0.2, 0.25) is 0 Å². The van der Waals surface area contributed by atoms with E-state index in [4.69, 9.17) is 67.7 Å². The molecule has 0 bridgehead atoms. The molecule has 1 saturated heterocycles. The molecule has 1 aliphatic heterocycles. The number of thiazole rings is 5. The molecule has 14 rings (SSSR count). The minimum absolute atomic E-state index is 0. The molecule has 5 aromatic heterocycles. The molecule has 1 fully saturated rings. The number of carbonyl (C=O) groups is 4. The van der Waals surface area contributed by atoms with E-state index >= 15 is 0 Å². The van der Waals surface area contributed by atoms with Crippen LogP contribution in [-0.2, 0) is 33.3 Å². The first-order valence-electron chi connectivity index (χ1n) is 37.7. The van der Waals surface area contributed by atoms with Gasteiger partial charge in [0.15, 0.2) is 26.6 Å². The van der Waals surface area contributed by atoms with E-state index in [1.165, 1.54) is 72.2 Å². The summed E-state index contributed by atoms with van der Waals surface area (Å²) < 4.78 is 115. The Balaban J connectivity index is 0.00000153. The molecule has 22 nitrogen and oxygen atoms in total. The van der Waals surface area contributed by atoms with Crippen molar-refractivity contribution in [3.05, 3.63) is 186 Å². The molecule has 0 spiro atoms. The number of ether oxygens (including phenoxy) is 2. The number of benzene rings is 8. The van der Waals surface area contributed by atoms with Crippen molar-refractivity contribution in [2.75, 3.05) is 92.7 Å². The average molecular weight is 2560 g/mol. The normalized spacial score (nSPS) is 11.9. The number of halogens is 13. The molecule has 13 aromatic rings. The summed E-state index contributed by atoms with van der Waals surface area (Å²) in [6.07, 6.45) is -5.82. The zero-order chi connectivity index (χ0) is 96.5. The van der Waals surface area contributed by atoms with Crippen LogP contribution < -0.4 is 175 Å². The smallest absolute Gasteiger partial charge is 1.00 e. The van der Waals surface area contributed by atoms with Gasteiger partial charge in [-0.05, 0) is 230 Å². The van der Waals surface area contributed by atoms with Crippen LogP contribution in [-0.4, -0.2) is 179 Å². The van der Waals surface area contributed by atoms with Crippen LogP contribution in [0.1, 0.15) is 63.7 Å². The zero-order valence-electron chi connectivity index (χ0n) is 74.8. The van der Waals surface area contributed by atoms with E-state index in [1.807, 2.05) is 185 Å². The van der Waals surface area contributed by atoms with Gasteiger partial charge >= 0.3 is 169 Å². The summed E-state index contributed by atoms with van der Waals surface area (Å²) >= 11 is 40.2. The largest absolute Gasteiger partial charge is 1.00 e. The molecule has 0 radical (unpaired) electrons. The second kappa shape index (κ2) is 65.5. The van der Waals surface area contributed by atoms with Gasteiger partial charge in [-0.2, -0.15) is 13.2 Å². The van der Waals surface area contributed by atoms with E-state index in [-0.39, 0.29) is 221 Å². The van der Waals surface area contributed by atoms with E-state index in [1.54, 1.807) is 59.4 Å². The van der Waals surface area contributed by atoms with Crippen LogP contribution in [0.5, 0.6) is 0 Å². The van der Waals surface area contributed by atoms with Crippen molar-refractivity contribution in [1.29, 1.82) is 0 Å². The number of thioether (sulfide) groups is 3. The maximum atomic E-state index is 12.4. The number of nitrogens with one attached hydrogen (secondary N) is 2. The van der Waals surface area contributed by atoms with Crippen molar-refractivity contribution < 1.29 is 228 Å². The number of aliphatic hydroxyl groups is 1. The number of nitrogens with zero attached hydrogens (tertiary/aromatic N) is 6. The average Bonchev–Trinajstić information content (AvgIpc) is 1.71. The number of alkyl halides is 8. The number of aromatic amines is 1. The number of hydrogen-bond donors (Lipinski definition) is 6. The first-order valence-corrected chi connectivity index (χ1v) is 49.4. The monoisotopic (exact) mass is 2550 g/mol. The van der Waals surface area contributed by atoms with E-state index in [2.05, 4.69) is 171 Å². The van der Waals surface area contributed by atoms with Crippen molar-refractivity contribution in [3.63, 3.8) is 0 Å². The molecular weight excluding hydrogens is 2460 g/mol. The summed E-state index contributed by atoms with van der Waals surface area (Å²) in [6.45, 7) is 15.7. The number of H-pyrrole nitrogens is 1. The molecule has 1 unspecified atom stereocenters. The number of anilines is 3. The van der Waals surface area contributed by atoms with Crippen LogP contribution in [0.15, 0.2) is 190 Å². The fourth-order valence-electron chi connectivity index (χ4n) is 9.72. The maximum Gasteiger partial charge on any atom is 1.00 e. The Bertz CT molecular complexity index is 5740. The SMILES string of the molecule is CC1OB(c2ccc(N(C)C(=O)OC(C)(C)C)cc2)OC1(C)C.CN(C(=O)OC(C)(C)C)c1ccc(-c2ccc3nc(SCCF)sc3c2)cc1.CNc1ccc(-c2ccc3nc(SCCF)sc3c2)cc1.CO.Cl.Clc1nc2ccc(Br)cc2s1.FCCBr.FCCSc1nc2ccc(Br)cc2s1.NC(N)=S.O=C(O)C(F)(F)F.O=CO[O-].S=c1[nH]c2ccc(Br)cc2s1.[Cs+].[Cs+].[H-]. The standard InChI is InChI=1S/C21H23FN2O2S2.C17H26BNO4.C16H15FN2S2.C9H7BrFNS2.C7H3BrClNS.C7H4BrNS2.C2H4BrF.C2HF3O2.CH4N2S.CH2O3.CH4O.ClH.2Cs.H/c1-21(2,3)26-20(25)24(4)16-8-5-14(6-9-16)15-7-10-17-18(13-15)28-19(23-17)27-12-11-22;1-12-17(5,6)23-18(22-12)13-8-10-14(11-9-13)19(7)15(20)21-16(2,3)4;1-18-13-5-2-11(3-6-13)12-4-7-14-15(10-12)21-16(19-14)20-9-8-17;10-6-1-2-7-8(5-6)14-9(12-7)13-4-3-11;8-4-1-2-5-6(3-4)11-7(9)10-5;8-4-1-2-5-6(3-4)11-7(10)9-5;3-1-2-4;3-2(4,5)1(6)7;2-1(3)4;2-1-4-3;1-2;;;;/h5-10,13H,11-12H2,1-4H3;8-12H,1-7H3;2-7,10,18H,8-9H2,1H3;1-2,5H,3-4H2;1-3H;1-3H,(H,9,10);1-2H2;(H,6,7);(H4,2,3,4);1,3H;2H,1H3;1H;;;/q;;;;;;;;;;;;2*+1;-1/p-1. The zero-order valence-corrected chi connectivity index (χ0v) is 102. The van der Waals surface area contributed by atoms with Gasteiger partial charge in [-0.1, -0.05) is 159 Å². The molecule has 2 amide bonds. The number of hydrogen-bond acceptors (Lipinski definition) is 26. The number of rotatable bonds is 17. The van der Waals surface area contributed by atoms with Gasteiger partial charge in [0.1, 0.15) is 11.2 Å². The molecule has 8 N–H and O–H groups in total. The topological polar surface area (TPSA) is 316 Å². The van der Waals surface area contributed by atoms with E-state index in [0.29, 0.717) is 27.1 Å². The van der Waals surface area contributed by atoms with Crippen molar-refractivity contribution in [1.82, 2.24) is 24.9 Å². The number of carboxylic acids is 1. The number of carboxylic acid groups (broad SMARTS) is 1. The molecule has 1 aliphatic rings. The Labute approximate surface area is 968 Å². The summed E-state index contributed by atoms with van der Waals surface area (Å²) in [6, 6.07) is 54.0. The summed E-state index contributed by atoms with van der Waals surface area (Å²) in [4.78, 5) is 68.1. The van der Waals surface area contributed by atoms with E-state index in [0.717, 1.165) is 118 Å². The van der Waals surface area contributed by atoms with Gasteiger partial charge in [0, 0.05) is 81.3 Å². The first kappa shape index (κ1) is 127. The first-order chi connectivity index (χ1) is 60.9. The fourth-order valence-corrected chi connectivity index (χ4v) is 19.2. The molecule has 8 aromatic carbocycles. The Morgan fingerprint density at radius 2 is 0.955 bits per heavy atom. The predicted octanol–water partition coefficient (Wildman–Crippen LogP) is 19.7. The molecule has 1 atom stereocenters. The number of amides is 2. The maximum absolute atomic E-state index is 12.4. The third-order valence-electron chi connectivity index (χ3n) is 15.7. The molecule has 6 heterocycles. The number of nitrogens with two attached hydrogens (primary N) is 2. The molecule has 0 saturated carbocycles. The number of fused-ring (bicyclic) bond motifs is 5. The Morgan fingerprint density at radius 3 is 1.30 bits per heavy atom. The van der Waals surface area contributed by atoms with Gasteiger partial charge in [0.05, 0.1) is 89.5 Å². The van der Waals surface area contributed by atoms with Crippen molar-refractivity contribution in [2.45, 2.75) is 104 Å². The van der Waals surface area contributed by atoms with Crippen LogP contribution >= 0.6 is 204 Å². The van der Waals surface area contributed by atoms with Crippen LogP contribution in [0.4, 0.5) is 57.4 Å². The number of thiocarbonyl (C=S) groups is 1. The molecule has 0 aliphatic carbocycles. The third kappa shape index (κ3) is 47.4. The van der Waals surface area contributed by atoms with Gasteiger partial charge in [-0.15, -0.1) is 69.1 Å². The number of aliphatic hydroxyl groups excluding tert-OH is 1. The quantitative estimate of drug-likeness (QED) is 0.00721. The minimum Gasteiger partial charge on any atom is -1.00 e. The summed E-state index contributed by atoms with van der Waals surface area (Å²) in [5.74, 6) is -1.37. The van der Waals surface area contributed by atoms with Crippen molar-refractivity contribution in [2.24, 2.45) is 11.5 Å². The van der Waals surface area contributed by atoms with Crippen molar-refractivity contribution in [3.8, 4) is 22.3 Å². The molecule has 48 heteroatoms. The minimum atomic E-state index is -5.08. The Morgan fingerprint density at radius 1 is 0.621 bits per heavy atom. The van der Waals surface area contributed by atoms with Crippen LogP contribution in [0.3, 0.4) is 0 Å². The second-order valence-electron chi connectivity index (χ2n) is 27.9. The fraction of sp³-hybridized carbons (Fsp3) is 0.310. The van der Waals surface area contributed by atoms with Crippen LogP contribution in [0.25, 0.3) is 73.3 Å². The van der Waals surface area contributed by atoms with Gasteiger partial charge in [0.25, 0.3) is 6.47 Å². The van der Waals surface area contributed by atoms with E-state index in [9.17, 15) is 40.3 Å². The van der Waals surface area contributed by atoms with E-state index < -0.39 is 23.3 Å². The van der Waals surface area contributed by atoms with Crippen LogP contribution in [0, 0.1) is 3.95 Å². The predicted molar refractivity (Wildman–Crippen MR) is 549 cm³/mol. The number of carbonyl (C=O) groups excluding carboxylic acids is 3. The molecule has 132 heavy (non-hydrogen) atoms. The Kier molecular flexibility index (Phi) is 63.3. The van der Waals surface area contributed by atoms with Gasteiger partial charge < -0.3 is 62.3 Å². The second-order valence-corrected chi connectivity index (χ2v) is 42.4. The molecule has 708 valence electrons. The number of aromatic nitrogens is 5.